The van der Waals surface area contributed by atoms with Gasteiger partial charge in [0, 0.05) is 22.9 Å². The van der Waals surface area contributed by atoms with Crippen LogP contribution in [0.15, 0.2) is 42.5 Å². The van der Waals surface area contributed by atoms with Gasteiger partial charge in [0.05, 0.1) is 7.11 Å². The number of rotatable bonds is 4. The van der Waals surface area contributed by atoms with Crippen LogP contribution in [0.1, 0.15) is 15.9 Å². The highest BCUT2D eigenvalue weighted by molar-refractivity contribution is 7.80. The van der Waals surface area contributed by atoms with Gasteiger partial charge in [-0.25, -0.2) is 4.39 Å². The molecule has 4 nitrogen and oxygen atoms in total. The molecule has 2 aromatic carbocycles. The maximum Gasteiger partial charge on any atom is 0.255 e. The van der Waals surface area contributed by atoms with Gasteiger partial charge in [0.1, 0.15) is 4.99 Å². The highest BCUT2D eigenvalue weighted by Crippen LogP contribution is 2.22. The van der Waals surface area contributed by atoms with Crippen molar-refractivity contribution in [3.8, 4) is 5.75 Å². The summed E-state index contributed by atoms with van der Waals surface area (Å²) in [6.45, 7) is 0. The summed E-state index contributed by atoms with van der Waals surface area (Å²) in [5.74, 6) is -0.780. The van der Waals surface area contributed by atoms with Crippen LogP contribution >= 0.6 is 12.2 Å². The smallest absolute Gasteiger partial charge is 0.255 e. The van der Waals surface area contributed by atoms with E-state index in [0.717, 1.165) is 0 Å². The van der Waals surface area contributed by atoms with Crippen molar-refractivity contribution in [3.05, 3.63) is 59.4 Å². The molecular formula is C15H13FN2O2S. The van der Waals surface area contributed by atoms with Crippen molar-refractivity contribution in [2.45, 2.75) is 0 Å². The molecule has 108 valence electrons. The molecule has 0 atom stereocenters. The number of benzene rings is 2. The van der Waals surface area contributed by atoms with E-state index < -0.39 is 5.82 Å². The maximum atomic E-state index is 13.3. The van der Waals surface area contributed by atoms with Crippen molar-refractivity contribution in [2.75, 3.05) is 12.4 Å². The van der Waals surface area contributed by atoms with Crippen molar-refractivity contribution >= 4 is 28.8 Å². The summed E-state index contributed by atoms with van der Waals surface area (Å²) >= 11 is 4.87. The van der Waals surface area contributed by atoms with E-state index in [1.54, 1.807) is 24.3 Å². The van der Waals surface area contributed by atoms with Crippen LogP contribution in [-0.2, 0) is 0 Å². The number of carbonyl (C=O) groups excluding carboxylic acids is 1. The van der Waals surface area contributed by atoms with Crippen molar-refractivity contribution < 1.29 is 13.9 Å². The summed E-state index contributed by atoms with van der Waals surface area (Å²) in [5.41, 5.74) is 6.97. The zero-order chi connectivity index (χ0) is 15.4. The van der Waals surface area contributed by atoms with Crippen molar-refractivity contribution in [1.29, 1.82) is 0 Å². The molecule has 0 fully saturated rings. The lowest BCUT2D eigenvalue weighted by atomic mass is 10.1. The summed E-state index contributed by atoms with van der Waals surface area (Å²) in [6, 6.07) is 10.7. The largest absolute Gasteiger partial charge is 0.494 e. The number of hydrogen-bond acceptors (Lipinski definition) is 3. The number of hydrogen-bond donors (Lipinski definition) is 2. The minimum absolute atomic E-state index is 0.0599. The first-order valence-corrected chi connectivity index (χ1v) is 6.47. The molecule has 0 heterocycles. The fraction of sp³-hybridized carbons (Fsp3) is 0.0667. The van der Waals surface area contributed by atoms with Crippen LogP contribution in [0, 0.1) is 5.82 Å². The van der Waals surface area contributed by atoms with E-state index in [9.17, 15) is 9.18 Å². The molecule has 0 aromatic heterocycles. The molecule has 0 bridgehead atoms. The summed E-state index contributed by atoms with van der Waals surface area (Å²) in [5, 5.41) is 2.66. The predicted molar refractivity (Wildman–Crippen MR) is 83.2 cm³/mol. The molecule has 21 heavy (non-hydrogen) atoms. The standard InChI is InChI=1S/C15H13FN2O2S/c1-20-13-8-11(5-6-12(13)16)18-15(19)10-4-2-3-9(7-10)14(17)21/h2-8H,1H3,(H2,17,21)(H,18,19). The Morgan fingerprint density at radius 3 is 2.62 bits per heavy atom. The first-order chi connectivity index (χ1) is 10.0. The second kappa shape index (κ2) is 6.32. The molecule has 0 aliphatic rings. The first kappa shape index (κ1) is 14.9. The summed E-state index contributed by atoms with van der Waals surface area (Å²) < 4.78 is 18.2. The molecule has 0 aliphatic heterocycles. The van der Waals surface area contributed by atoms with Crippen LogP contribution in [0.4, 0.5) is 10.1 Å². The first-order valence-electron chi connectivity index (χ1n) is 6.06. The second-order valence-electron chi connectivity index (χ2n) is 4.25. The zero-order valence-electron chi connectivity index (χ0n) is 11.2. The number of nitrogens with two attached hydrogens (primary N) is 1. The van der Waals surface area contributed by atoms with E-state index in [-0.39, 0.29) is 16.6 Å². The number of ether oxygens (including phenoxy) is 1. The molecule has 0 saturated carbocycles. The van der Waals surface area contributed by atoms with Gasteiger partial charge in [-0.1, -0.05) is 24.4 Å². The number of halogens is 1. The van der Waals surface area contributed by atoms with Crippen LogP contribution in [0.25, 0.3) is 0 Å². The SMILES string of the molecule is COc1cc(NC(=O)c2cccc(C(N)=S)c2)ccc1F. The van der Waals surface area contributed by atoms with E-state index in [1.807, 2.05) is 0 Å². The Morgan fingerprint density at radius 1 is 1.24 bits per heavy atom. The molecular weight excluding hydrogens is 291 g/mol. The van der Waals surface area contributed by atoms with E-state index in [0.29, 0.717) is 16.8 Å². The van der Waals surface area contributed by atoms with E-state index >= 15 is 0 Å². The van der Waals surface area contributed by atoms with Crippen molar-refractivity contribution in [2.24, 2.45) is 5.73 Å². The second-order valence-corrected chi connectivity index (χ2v) is 4.69. The van der Waals surface area contributed by atoms with Gasteiger partial charge in [-0.3, -0.25) is 4.79 Å². The Kier molecular flexibility index (Phi) is 4.49. The topological polar surface area (TPSA) is 64.3 Å². The predicted octanol–water partition coefficient (Wildman–Crippen LogP) is 2.72. The van der Waals surface area contributed by atoms with Gasteiger partial charge in [-0.05, 0) is 24.3 Å². The van der Waals surface area contributed by atoms with Crippen molar-refractivity contribution in [3.63, 3.8) is 0 Å². The average molecular weight is 304 g/mol. The molecule has 0 saturated heterocycles. The molecule has 3 N–H and O–H groups in total. The molecule has 2 rings (SSSR count). The van der Waals surface area contributed by atoms with Crippen LogP contribution in [-0.4, -0.2) is 18.0 Å². The summed E-state index contributed by atoms with van der Waals surface area (Å²) in [4.78, 5) is 12.4. The summed E-state index contributed by atoms with van der Waals surface area (Å²) in [6.07, 6.45) is 0. The van der Waals surface area contributed by atoms with Gasteiger partial charge in [-0.15, -0.1) is 0 Å². The third-order valence-electron chi connectivity index (χ3n) is 2.82. The molecule has 2 aromatic rings. The van der Waals surface area contributed by atoms with E-state index in [4.69, 9.17) is 22.7 Å². The fourth-order valence-corrected chi connectivity index (χ4v) is 1.88. The van der Waals surface area contributed by atoms with Gasteiger partial charge in [0.15, 0.2) is 11.6 Å². The Bertz CT molecular complexity index is 704. The third-order valence-corrected chi connectivity index (χ3v) is 3.05. The number of methoxy groups -OCH3 is 1. The highest BCUT2D eigenvalue weighted by Gasteiger charge is 2.10. The van der Waals surface area contributed by atoms with Crippen LogP contribution in [0.3, 0.4) is 0 Å². The molecule has 0 aliphatic carbocycles. The Balaban J connectivity index is 2.22. The van der Waals surface area contributed by atoms with E-state index in [2.05, 4.69) is 5.32 Å². The Morgan fingerprint density at radius 2 is 1.95 bits per heavy atom. The number of amides is 1. The number of nitrogens with one attached hydrogen (secondary N) is 1. The Labute approximate surface area is 126 Å². The van der Waals surface area contributed by atoms with Gasteiger partial charge in [0.2, 0.25) is 0 Å². The van der Waals surface area contributed by atoms with Crippen LogP contribution in [0.2, 0.25) is 0 Å². The van der Waals surface area contributed by atoms with Crippen LogP contribution < -0.4 is 15.8 Å². The van der Waals surface area contributed by atoms with Crippen molar-refractivity contribution in [1.82, 2.24) is 0 Å². The lowest BCUT2D eigenvalue weighted by Crippen LogP contribution is -2.14. The molecule has 0 unspecified atom stereocenters. The zero-order valence-corrected chi connectivity index (χ0v) is 12.0. The maximum absolute atomic E-state index is 13.3. The van der Waals surface area contributed by atoms with Gasteiger partial charge in [0.25, 0.3) is 5.91 Å². The summed E-state index contributed by atoms with van der Waals surface area (Å²) in [7, 11) is 1.36. The molecule has 6 heteroatoms. The van der Waals surface area contributed by atoms with E-state index in [1.165, 1.54) is 25.3 Å². The Hall–Kier alpha value is -2.47. The number of anilines is 1. The molecule has 0 spiro atoms. The minimum atomic E-state index is -0.494. The lowest BCUT2D eigenvalue weighted by Gasteiger charge is -2.08. The lowest BCUT2D eigenvalue weighted by molar-refractivity contribution is 0.102. The van der Waals surface area contributed by atoms with Crippen LogP contribution in [0.5, 0.6) is 5.75 Å². The monoisotopic (exact) mass is 304 g/mol. The third kappa shape index (κ3) is 3.55. The van der Waals surface area contributed by atoms with Gasteiger partial charge in [-0.2, -0.15) is 0 Å². The quantitative estimate of drug-likeness (QED) is 0.853. The molecule has 0 radical (unpaired) electrons. The normalized spacial score (nSPS) is 10.0. The number of carbonyl (C=O) groups is 1. The molecule has 1 amide bonds. The fourth-order valence-electron chi connectivity index (χ4n) is 1.75. The van der Waals surface area contributed by atoms with Gasteiger partial charge < -0.3 is 15.8 Å². The number of thiocarbonyl (C=S) groups is 1. The average Bonchev–Trinajstić information content (AvgIpc) is 2.49. The minimum Gasteiger partial charge on any atom is -0.494 e. The highest BCUT2D eigenvalue weighted by atomic mass is 32.1. The van der Waals surface area contributed by atoms with Gasteiger partial charge >= 0.3 is 0 Å².